The molecule has 15 heavy (non-hydrogen) atoms. The van der Waals surface area contributed by atoms with Crippen molar-refractivity contribution < 1.29 is 20.3 Å². The zero-order valence-corrected chi connectivity index (χ0v) is 8.93. The molecule has 0 fully saturated rings. The molecule has 0 N–H and O–H groups in total. The Labute approximate surface area is 104 Å². The minimum Gasteiger partial charge on any atom is -1.00 e. The minimum atomic E-state index is 0. The molecule has 1 heteroatoms. The summed E-state index contributed by atoms with van der Waals surface area (Å²) in [5.74, 6) is 0. The van der Waals surface area contributed by atoms with Crippen LogP contribution in [0.2, 0.25) is 0 Å². The van der Waals surface area contributed by atoms with Crippen molar-refractivity contribution in [3.05, 3.63) is 71.8 Å². The second-order valence-corrected chi connectivity index (χ2v) is 3.15. The van der Waals surface area contributed by atoms with Gasteiger partial charge in [-0.05, 0) is 11.1 Å². The van der Waals surface area contributed by atoms with Crippen LogP contribution in [0.15, 0.2) is 60.7 Å². The zero-order valence-electron chi connectivity index (χ0n) is 9.93. The van der Waals surface area contributed by atoms with Gasteiger partial charge in [-0.3, -0.25) is 0 Å². The Bertz CT molecular complexity index is 368. The maximum absolute atomic E-state index is 2.12. The molecule has 0 bridgehead atoms. The van der Waals surface area contributed by atoms with Crippen LogP contribution in [0.3, 0.4) is 0 Å². The van der Waals surface area contributed by atoms with Crippen LogP contribution in [0.5, 0.6) is 0 Å². The van der Waals surface area contributed by atoms with Gasteiger partial charge in [0.1, 0.15) is 0 Å². The van der Waals surface area contributed by atoms with E-state index < -0.39 is 0 Å². The van der Waals surface area contributed by atoms with Crippen LogP contribution in [0.4, 0.5) is 0 Å². The van der Waals surface area contributed by atoms with Gasteiger partial charge in [0.15, 0.2) is 0 Å². The summed E-state index contributed by atoms with van der Waals surface area (Å²) in [5, 5.41) is 0. The number of hydrogen-bond donors (Lipinski definition) is 0. The molecule has 2 aromatic carbocycles. The Morgan fingerprint density at radius 2 is 0.933 bits per heavy atom. The first-order chi connectivity index (χ1) is 6.95. The standard InChI is InChI=1S/C14H12.Li.H/c1-3-7-13(8-4-1)11-12-14-9-5-2-6-10-14;;/h1-12H;;/q;+1;-1/b12-11+;;. The van der Waals surface area contributed by atoms with Crippen LogP contribution in [0.1, 0.15) is 12.6 Å². The predicted molar refractivity (Wildman–Crippen MR) is 62.9 cm³/mol. The minimum absolute atomic E-state index is 0. The van der Waals surface area contributed by atoms with E-state index >= 15 is 0 Å². The molecule has 0 atom stereocenters. The van der Waals surface area contributed by atoms with Gasteiger partial charge >= 0.3 is 18.9 Å². The third-order valence-electron chi connectivity index (χ3n) is 2.07. The van der Waals surface area contributed by atoms with Crippen molar-refractivity contribution in [3.8, 4) is 0 Å². The van der Waals surface area contributed by atoms with Gasteiger partial charge in [-0.1, -0.05) is 72.8 Å². The van der Waals surface area contributed by atoms with Crippen LogP contribution < -0.4 is 18.9 Å². The first-order valence-corrected chi connectivity index (χ1v) is 4.73. The fourth-order valence-corrected chi connectivity index (χ4v) is 1.32. The Kier molecular flexibility index (Phi) is 4.97. The molecule has 0 aliphatic heterocycles. The Morgan fingerprint density at radius 1 is 0.600 bits per heavy atom. The molecule has 0 unspecified atom stereocenters. The molecule has 70 valence electrons. The van der Waals surface area contributed by atoms with Gasteiger partial charge in [0, 0.05) is 0 Å². The third kappa shape index (κ3) is 3.79. The van der Waals surface area contributed by atoms with Crippen molar-refractivity contribution in [1.82, 2.24) is 0 Å². The van der Waals surface area contributed by atoms with Crippen LogP contribution in [-0.2, 0) is 0 Å². The summed E-state index contributed by atoms with van der Waals surface area (Å²) in [6.45, 7) is 0. The van der Waals surface area contributed by atoms with E-state index in [0.717, 1.165) is 0 Å². The molecular formula is C14H13Li. The second-order valence-electron chi connectivity index (χ2n) is 3.15. The Hall–Kier alpha value is -1.22. The summed E-state index contributed by atoms with van der Waals surface area (Å²) in [5.41, 5.74) is 2.47. The van der Waals surface area contributed by atoms with Gasteiger partial charge in [-0.2, -0.15) is 0 Å². The van der Waals surface area contributed by atoms with E-state index in [1.807, 2.05) is 36.4 Å². The Balaban J connectivity index is 0.00000112. The van der Waals surface area contributed by atoms with Crippen LogP contribution in [-0.4, -0.2) is 0 Å². The summed E-state index contributed by atoms with van der Waals surface area (Å²) in [6.07, 6.45) is 4.24. The molecule has 2 aromatic rings. The van der Waals surface area contributed by atoms with E-state index in [1.54, 1.807) is 0 Å². The molecule has 0 aliphatic rings. The fourth-order valence-electron chi connectivity index (χ4n) is 1.32. The van der Waals surface area contributed by atoms with E-state index in [-0.39, 0.29) is 20.3 Å². The molecule has 0 spiro atoms. The molecule has 0 nitrogen and oxygen atoms in total. The van der Waals surface area contributed by atoms with Crippen LogP contribution >= 0.6 is 0 Å². The van der Waals surface area contributed by atoms with Crippen LogP contribution in [0.25, 0.3) is 12.2 Å². The van der Waals surface area contributed by atoms with E-state index in [0.29, 0.717) is 0 Å². The maximum Gasteiger partial charge on any atom is 1.00 e. The first-order valence-electron chi connectivity index (χ1n) is 4.73. The average Bonchev–Trinajstić information content (AvgIpc) is 2.29. The molecule has 0 aliphatic carbocycles. The van der Waals surface area contributed by atoms with Gasteiger partial charge in [0.05, 0.1) is 0 Å². The van der Waals surface area contributed by atoms with Crippen LogP contribution in [0, 0.1) is 0 Å². The quantitative estimate of drug-likeness (QED) is 0.486. The molecule has 0 radical (unpaired) electrons. The van der Waals surface area contributed by atoms with Crippen molar-refractivity contribution in [2.24, 2.45) is 0 Å². The van der Waals surface area contributed by atoms with E-state index in [2.05, 4.69) is 36.4 Å². The van der Waals surface area contributed by atoms with Crippen molar-refractivity contribution in [2.75, 3.05) is 0 Å². The smallest absolute Gasteiger partial charge is 1.00 e. The van der Waals surface area contributed by atoms with Crippen molar-refractivity contribution in [1.29, 1.82) is 0 Å². The summed E-state index contributed by atoms with van der Waals surface area (Å²) >= 11 is 0. The van der Waals surface area contributed by atoms with Gasteiger partial charge in [0.2, 0.25) is 0 Å². The number of rotatable bonds is 2. The molecule has 0 saturated heterocycles. The van der Waals surface area contributed by atoms with Crippen molar-refractivity contribution >= 4 is 12.2 Å². The van der Waals surface area contributed by atoms with Crippen molar-refractivity contribution in [3.63, 3.8) is 0 Å². The second kappa shape index (κ2) is 6.30. The van der Waals surface area contributed by atoms with Gasteiger partial charge in [-0.25, -0.2) is 0 Å². The molecule has 0 saturated carbocycles. The van der Waals surface area contributed by atoms with Crippen molar-refractivity contribution in [2.45, 2.75) is 0 Å². The summed E-state index contributed by atoms with van der Waals surface area (Å²) in [7, 11) is 0. The largest absolute Gasteiger partial charge is 1.00 e. The summed E-state index contributed by atoms with van der Waals surface area (Å²) in [4.78, 5) is 0. The molecular weight excluding hydrogens is 175 g/mol. The van der Waals surface area contributed by atoms with Gasteiger partial charge < -0.3 is 1.43 Å². The van der Waals surface area contributed by atoms with Gasteiger partial charge in [0.25, 0.3) is 0 Å². The normalized spacial score (nSPS) is 9.87. The molecule has 0 amide bonds. The van der Waals surface area contributed by atoms with Gasteiger partial charge in [-0.15, -0.1) is 0 Å². The number of benzene rings is 2. The Morgan fingerprint density at radius 3 is 1.27 bits per heavy atom. The number of hydrogen-bond acceptors (Lipinski definition) is 0. The van der Waals surface area contributed by atoms with E-state index in [1.165, 1.54) is 11.1 Å². The topological polar surface area (TPSA) is 0 Å². The monoisotopic (exact) mass is 188 g/mol. The zero-order chi connectivity index (χ0) is 9.64. The third-order valence-corrected chi connectivity index (χ3v) is 2.07. The molecule has 0 aromatic heterocycles. The molecule has 2 rings (SSSR count). The molecule has 0 heterocycles. The predicted octanol–water partition coefficient (Wildman–Crippen LogP) is 0.974. The summed E-state index contributed by atoms with van der Waals surface area (Å²) < 4.78 is 0. The average molecular weight is 188 g/mol. The first kappa shape index (κ1) is 11.8. The van der Waals surface area contributed by atoms with E-state index in [9.17, 15) is 0 Å². The maximum atomic E-state index is 2.12. The SMILES string of the molecule is C(=C\c1ccccc1)/c1ccccc1.[H-].[Li+]. The summed E-state index contributed by atoms with van der Waals surface area (Å²) in [6, 6.07) is 20.6. The fraction of sp³-hybridized carbons (Fsp3) is 0. The van der Waals surface area contributed by atoms with E-state index in [4.69, 9.17) is 0 Å².